The van der Waals surface area contributed by atoms with Crippen LogP contribution in [-0.2, 0) is 0 Å². The summed E-state index contributed by atoms with van der Waals surface area (Å²) in [4.78, 5) is 2.31. The van der Waals surface area contributed by atoms with Crippen molar-refractivity contribution in [1.29, 1.82) is 0 Å². The first-order valence-corrected chi connectivity index (χ1v) is 5.84. The lowest BCUT2D eigenvalue weighted by molar-refractivity contribution is 0.415. The zero-order valence-corrected chi connectivity index (χ0v) is 10.7. The van der Waals surface area contributed by atoms with Crippen molar-refractivity contribution in [2.75, 3.05) is 24.3 Å². The number of ether oxygens (including phenoxy) is 1. The standard InChI is InChI=1S/C13H22N2O/c1-5-10(3)15(6-2)13-8-7-11(16-4)9-12(13)14/h7-10H,5-6,14H2,1-4H3. The van der Waals surface area contributed by atoms with E-state index < -0.39 is 0 Å². The second-order valence-corrected chi connectivity index (χ2v) is 3.97. The van der Waals surface area contributed by atoms with Gasteiger partial charge in [-0.05, 0) is 32.4 Å². The molecule has 3 nitrogen and oxygen atoms in total. The number of nitrogens with two attached hydrogens (primary N) is 1. The lowest BCUT2D eigenvalue weighted by atomic mass is 10.1. The monoisotopic (exact) mass is 222 g/mol. The van der Waals surface area contributed by atoms with Gasteiger partial charge in [-0.25, -0.2) is 0 Å². The van der Waals surface area contributed by atoms with Crippen molar-refractivity contribution in [3.63, 3.8) is 0 Å². The normalized spacial score (nSPS) is 12.2. The lowest BCUT2D eigenvalue weighted by Crippen LogP contribution is -2.32. The van der Waals surface area contributed by atoms with Crippen LogP contribution >= 0.6 is 0 Å². The molecular weight excluding hydrogens is 200 g/mol. The Balaban J connectivity index is 3.01. The summed E-state index contributed by atoms with van der Waals surface area (Å²) in [7, 11) is 1.65. The van der Waals surface area contributed by atoms with E-state index in [2.05, 4.69) is 25.7 Å². The van der Waals surface area contributed by atoms with E-state index in [4.69, 9.17) is 10.5 Å². The molecule has 0 fully saturated rings. The van der Waals surface area contributed by atoms with Gasteiger partial charge in [0.2, 0.25) is 0 Å². The zero-order valence-electron chi connectivity index (χ0n) is 10.7. The Morgan fingerprint density at radius 2 is 2.06 bits per heavy atom. The molecule has 3 heteroatoms. The Hall–Kier alpha value is -1.38. The first-order chi connectivity index (χ1) is 7.63. The fourth-order valence-electron chi connectivity index (χ4n) is 1.86. The predicted octanol–water partition coefficient (Wildman–Crippen LogP) is 2.90. The highest BCUT2D eigenvalue weighted by molar-refractivity contribution is 5.69. The number of benzene rings is 1. The van der Waals surface area contributed by atoms with Crippen molar-refractivity contribution in [1.82, 2.24) is 0 Å². The number of nitrogens with zero attached hydrogens (tertiary/aromatic N) is 1. The maximum atomic E-state index is 6.04. The Morgan fingerprint density at radius 3 is 2.50 bits per heavy atom. The number of methoxy groups -OCH3 is 1. The van der Waals surface area contributed by atoms with Gasteiger partial charge in [-0.3, -0.25) is 0 Å². The Kier molecular flexibility index (Phi) is 4.47. The van der Waals surface area contributed by atoms with Gasteiger partial charge in [0.1, 0.15) is 5.75 Å². The maximum Gasteiger partial charge on any atom is 0.121 e. The van der Waals surface area contributed by atoms with Gasteiger partial charge in [-0.2, -0.15) is 0 Å². The molecule has 16 heavy (non-hydrogen) atoms. The van der Waals surface area contributed by atoms with Crippen LogP contribution in [0.5, 0.6) is 5.75 Å². The molecule has 0 aliphatic heterocycles. The van der Waals surface area contributed by atoms with Crippen molar-refractivity contribution >= 4 is 11.4 Å². The van der Waals surface area contributed by atoms with E-state index in [1.165, 1.54) is 0 Å². The third-order valence-corrected chi connectivity index (χ3v) is 3.01. The first kappa shape index (κ1) is 12.7. The number of hydrogen-bond donors (Lipinski definition) is 1. The van der Waals surface area contributed by atoms with Crippen molar-refractivity contribution in [3.05, 3.63) is 18.2 Å². The van der Waals surface area contributed by atoms with Gasteiger partial charge < -0.3 is 15.4 Å². The summed E-state index contributed by atoms with van der Waals surface area (Å²) in [5, 5.41) is 0. The van der Waals surface area contributed by atoms with Crippen molar-refractivity contribution in [2.24, 2.45) is 0 Å². The lowest BCUT2D eigenvalue weighted by Gasteiger charge is -2.30. The van der Waals surface area contributed by atoms with Gasteiger partial charge in [-0.15, -0.1) is 0 Å². The summed E-state index contributed by atoms with van der Waals surface area (Å²) in [5.41, 5.74) is 7.92. The van der Waals surface area contributed by atoms with Crippen molar-refractivity contribution in [2.45, 2.75) is 33.2 Å². The molecule has 90 valence electrons. The van der Waals surface area contributed by atoms with E-state index in [0.29, 0.717) is 6.04 Å². The third kappa shape index (κ3) is 2.60. The Bertz CT molecular complexity index is 339. The van der Waals surface area contributed by atoms with Crippen LogP contribution in [-0.4, -0.2) is 19.7 Å². The fourth-order valence-corrected chi connectivity index (χ4v) is 1.86. The topological polar surface area (TPSA) is 38.5 Å². The maximum absolute atomic E-state index is 6.04. The Labute approximate surface area is 98.2 Å². The minimum atomic E-state index is 0.501. The molecule has 0 saturated heterocycles. The van der Waals surface area contributed by atoms with Gasteiger partial charge in [0.25, 0.3) is 0 Å². The first-order valence-electron chi connectivity index (χ1n) is 5.84. The van der Waals surface area contributed by atoms with Gasteiger partial charge in [-0.1, -0.05) is 6.92 Å². The van der Waals surface area contributed by atoms with E-state index in [0.717, 1.165) is 30.1 Å². The number of hydrogen-bond acceptors (Lipinski definition) is 3. The summed E-state index contributed by atoms with van der Waals surface area (Å²) in [6.07, 6.45) is 1.11. The number of anilines is 2. The van der Waals surface area contributed by atoms with Crippen LogP contribution in [0.4, 0.5) is 11.4 Å². The molecule has 0 aliphatic rings. The molecule has 0 heterocycles. The van der Waals surface area contributed by atoms with Crippen LogP contribution in [0.15, 0.2) is 18.2 Å². The molecule has 1 unspecified atom stereocenters. The predicted molar refractivity (Wildman–Crippen MR) is 70.2 cm³/mol. The van der Waals surface area contributed by atoms with Crippen molar-refractivity contribution < 1.29 is 4.74 Å². The molecule has 0 radical (unpaired) electrons. The van der Waals surface area contributed by atoms with E-state index in [1.54, 1.807) is 7.11 Å². The van der Waals surface area contributed by atoms with E-state index in [1.807, 2.05) is 18.2 Å². The summed E-state index contributed by atoms with van der Waals surface area (Å²) in [6.45, 7) is 7.52. The fraction of sp³-hybridized carbons (Fsp3) is 0.538. The summed E-state index contributed by atoms with van der Waals surface area (Å²) >= 11 is 0. The van der Waals surface area contributed by atoms with Gasteiger partial charge in [0.05, 0.1) is 18.5 Å². The summed E-state index contributed by atoms with van der Waals surface area (Å²) in [5.74, 6) is 0.807. The molecule has 0 spiro atoms. The van der Waals surface area contributed by atoms with Crippen LogP contribution in [0, 0.1) is 0 Å². The molecule has 1 aromatic rings. The second-order valence-electron chi connectivity index (χ2n) is 3.97. The molecule has 1 atom stereocenters. The number of rotatable bonds is 5. The molecule has 0 amide bonds. The molecule has 2 N–H and O–H groups in total. The Morgan fingerprint density at radius 1 is 1.38 bits per heavy atom. The highest BCUT2D eigenvalue weighted by Crippen LogP contribution is 2.29. The van der Waals surface area contributed by atoms with Crippen LogP contribution in [0.2, 0.25) is 0 Å². The largest absolute Gasteiger partial charge is 0.497 e. The molecule has 0 aliphatic carbocycles. The van der Waals surface area contributed by atoms with Gasteiger partial charge in [0, 0.05) is 18.7 Å². The number of nitrogen functional groups attached to an aromatic ring is 1. The third-order valence-electron chi connectivity index (χ3n) is 3.01. The van der Waals surface area contributed by atoms with E-state index in [-0.39, 0.29) is 0 Å². The quantitative estimate of drug-likeness (QED) is 0.778. The SMILES string of the molecule is CCC(C)N(CC)c1ccc(OC)cc1N. The zero-order chi connectivity index (χ0) is 12.1. The molecular formula is C13H22N2O. The summed E-state index contributed by atoms with van der Waals surface area (Å²) in [6, 6.07) is 6.36. The average molecular weight is 222 g/mol. The minimum Gasteiger partial charge on any atom is -0.497 e. The molecule has 1 aromatic carbocycles. The van der Waals surface area contributed by atoms with E-state index in [9.17, 15) is 0 Å². The van der Waals surface area contributed by atoms with Gasteiger partial charge >= 0.3 is 0 Å². The summed E-state index contributed by atoms with van der Waals surface area (Å²) < 4.78 is 5.15. The highest BCUT2D eigenvalue weighted by atomic mass is 16.5. The van der Waals surface area contributed by atoms with Crippen LogP contribution < -0.4 is 15.4 Å². The van der Waals surface area contributed by atoms with Crippen molar-refractivity contribution in [3.8, 4) is 5.75 Å². The second kappa shape index (κ2) is 5.64. The van der Waals surface area contributed by atoms with Crippen LogP contribution in [0.25, 0.3) is 0 Å². The van der Waals surface area contributed by atoms with Crippen LogP contribution in [0.3, 0.4) is 0 Å². The van der Waals surface area contributed by atoms with Crippen LogP contribution in [0.1, 0.15) is 27.2 Å². The average Bonchev–Trinajstić information content (AvgIpc) is 2.31. The molecule has 0 aromatic heterocycles. The van der Waals surface area contributed by atoms with Gasteiger partial charge in [0.15, 0.2) is 0 Å². The smallest absolute Gasteiger partial charge is 0.121 e. The molecule has 0 bridgehead atoms. The van der Waals surface area contributed by atoms with E-state index >= 15 is 0 Å². The minimum absolute atomic E-state index is 0.501. The molecule has 0 saturated carbocycles. The highest BCUT2D eigenvalue weighted by Gasteiger charge is 2.13. The molecule has 1 rings (SSSR count).